The molecule has 0 fully saturated rings. The van der Waals surface area contributed by atoms with Crippen LogP contribution in [0.2, 0.25) is 0 Å². The first kappa shape index (κ1) is 23.1. The van der Waals surface area contributed by atoms with E-state index in [9.17, 15) is 28.7 Å². The SMILES string of the molecule is CNC(=O)Nc1ccc2c(c1F)CCC2(C)C(=O)N(CC(=O)OC(C)(C)C)C(=O)O. The highest BCUT2D eigenvalue weighted by Gasteiger charge is 2.47. The summed E-state index contributed by atoms with van der Waals surface area (Å²) in [6, 6.07) is 2.21. The molecule has 9 nitrogen and oxygen atoms in total. The molecule has 0 radical (unpaired) electrons. The van der Waals surface area contributed by atoms with Crippen molar-refractivity contribution in [3.05, 3.63) is 29.1 Å². The normalized spacial score (nSPS) is 17.7. The fourth-order valence-electron chi connectivity index (χ4n) is 3.42. The van der Waals surface area contributed by atoms with E-state index in [1.807, 2.05) is 0 Å². The predicted octanol–water partition coefficient (Wildman–Crippen LogP) is 2.63. The van der Waals surface area contributed by atoms with Gasteiger partial charge in [-0.15, -0.1) is 0 Å². The second-order valence-electron chi connectivity index (χ2n) is 8.25. The summed E-state index contributed by atoms with van der Waals surface area (Å²) in [5.41, 5.74) is -1.69. The molecule has 1 aromatic carbocycles. The number of benzene rings is 1. The molecule has 1 aliphatic rings. The van der Waals surface area contributed by atoms with Gasteiger partial charge in [-0.25, -0.2) is 18.9 Å². The fraction of sp³-hybridized carbons (Fsp3) is 0.500. The number of imide groups is 1. The molecule has 1 unspecified atom stereocenters. The van der Waals surface area contributed by atoms with Gasteiger partial charge in [0.15, 0.2) is 0 Å². The van der Waals surface area contributed by atoms with Crippen molar-refractivity contribution in [3.63, 3.8) is 0 Å². The third-order valence-electron chi connectivity index (χ3n) is 4.84. The number of nitrogens with zero attached hydrogens (tertiary/aromatic N) is 1. The van der Waals surface area contributed by atoms with Crippen molar-refractivity contribution in [1.82, 2.24) is 10.2 Å². The summed E-state index contributed by atoms with van der Waals surface area (Å²) in [4.78, 5) is 48.8. The van der Waals surface area contributed by atoms with Gasteiger partial charge in [-0.2, -0.15) is 0 Å². The van der Waals surface area contributed by atoms with Gasteiger partial charge in [0.05, 0.1) is 11.1 Å². The minimum Gasteiger partial charge on any atom is -0.465 e. The molecule has 0 aliphatic heterocycles. The fourth-order valence-corrected chi connectivity index (χ4v) is 3.42. The predicted molar refractivity (Wildman–Crippen MR) is 106 cm³/mol. The number of carbonyl (C=O) groups is 4. The minimum atomic E-state index is -1.60. The molecule has 0 spiro atoms. The summed E-state index contributed by atoms with van der Waals surface area (Å²) in [6.45, 7) is 5.62. The second-order valence-corrected chi connectivity index (χ2v) is 8.25. The number of halogens is 1. The monoisotopic (exact) mass is 423 g/mol. The summed E-state index contributed by atoms with van der Waals surface area (Å²) in [5, 5.41) is 14.2. The molecule has 0 bridgehead atoms. The average molecular weight is 423 g/mol. The van der Waals surface area contributed by atoms with Crippen LogP contribution in [0.25, 0.3) is 0 Å². The number of carboxylic acid groups (broad SMARTS) is 1. The third kappa shape index (κ3) is 4.69. The van der Waals surface area contributed by atoms with Crippen LogP contribution in [0.1, 0.15) is 45.2 Å². The van der Waals surface area contributed by atoms with Gasteiger partial charge < -0.3 is 20.5 Å². The number of amides is 4. The minimum absolute atomic E-state index is 0.0476. The standard InChI is InChI=1S/C20H26FN3O6/c1-19(2,3)30-14(25)10-24(18(28)29)16(26)20(4)9-8-11-12(20)6-7-13(15(11)21)23-17(27)22-5/h6-7H,8-10H2,1-5H3,(H,28,29)(H2,22,23,27). The maximum absolute atomic E-state index is 14.9. The maximum Gasteiger partial charge on any atom is 0.414 e. The van der Waals surface area contributed by atoms with Crippen molar-refractivity contribution in [2.24, 2.45) is 0 Å². The van der Waals surface area contributed by atoms with Gasteiger partial charge in [0.1, 0.15) is 18.0 Å². The van der Waals surface area contributed by atoms with E-state index in [4.69, 9.17) is 4.74 Å². The lowest BCUT2D eigenvalue weighted by Gasteiger charge is -2.30. The summed E-state index contributed by atoms with van der Waals surface area (Å²) in [5.74, 6) is -2.39. The highest BCUT2D eigenvalue weighted by Crippen LogP contribution is 2.43. The van der Waals surface area contributed by atoms with Gasteiger partial charge >= 0.3 is 18.1 Å². The van der Waals surface area contributed by atoms with Crippen LogP contribution in [0.3, 0.4) is 0 Å². The molecule has 3 N–H and O–H groups in total. The largest absolute Gasteiger partial charge is 0.465 e. The Hall–Kier alpha value is -3.17. The van der Waals surface area contributed by atoms with Gasteiger partial charge in [-0.1, -0.05) is 6.07 Å². The number of hydrogen-bond acceptors (Lipinski definition) is 5. The zero-order valence-corrected chi connectivity index (χ0v) is 17.6. The Bertz CT molecular complexity index is 895. The molecule has 30 heavy (non-hydrogen) atoms. The molecule has 0 saturated carbocycles. The molecule has 1 aromatic rings. The summed E-state index contributed by atoms with van der Waals surface area (Å²) in [6.07, 6.45) is -1.27. The van der Waals surface area contributed by atoms with E-state index in [0.29, 0.717) is 10.5 Å². The summed E-state index contributed by atoms with van der Waals surface area (Å²) >= 11 is 0. The summed E-state index contributed by atoms with van der Waals surface area (Å²) < 4.78 is 20.0. The molecule has 2 rings (SSSR count). The van der Waals surface area contributed by atoms with Crippen molar-refractivity contribution >= 4 is 29.7 Å². The van der Waals surface area contributed by atoms with Crippen molar-refractivity contribution in [2.75, 3.05) is 18.9 Å². The number of carbonyl (C=O) groups excluding carboxylic acids is 3. The van der Waals surface area contributed by atoms with Crippen molar-refractivity contribution < 1.29 is 33.4 Å². The van der Waals surface area contributed by atoms with Crippen LogP contribution < -0.4 is 10.6 Å². The van der Waals surface area contributed by atoms with Gasteiger partial charge in [0.2, 0.25) is 5.91 Å². The first-order valence-corrected chi connectivity index (χ1v) is 9.37. The molecule has 0 heterocycles. The molecule has 10 heteroatoms. The van der Waals surface area contributed by atoms with Gasteiger partial charge in [0, 0.05) is 7.05 Å². The van der Waals surface area contributed by atoms with Crippen LogP contribution in [-0.4, -0.2) is 53.2 Å². The van der Waals surface area contributed by atoms with Gasteiger partial charge in [-0.3, -0.25) is 9.59 Å². The van der Waals surface area contributed by atoms with Crippen LogP contribution in [-0.2, 0) is 26.2 Å². The first-order valence-electron chi connectivity index (χ1n) is 9.37. The topological polar surface area (TPSA) is 125 Å². The number of rotatable bonds is 4. The second kappa shape index (κ2) is 8.29. The van der Waals surface area contributed by atoms with Crippen molar-refractivity contribution in [3.8, 4) is 0 Å². The lowest BCUT2D eigenvalue weighted by Crippen LogP contribution is -2.49. The molecule has 0 aromatic heterocycles. The Morgan fingerprint density at radius 3 is 2.43 bits per heavy atom. The number of anilines is 1. The summed E-state index contributed by atoms with van der Waals surface area (Å²) in [7, 11) is 1.39. The van der Waals surface area contributed by atoms with Crippen molar-refractivity contribution in [2.45, 2.75) is 51.6 Å². The Morgan fingerprint density at radius 2 is 1.90 bits per heavy atom. The zero-order valence-electron chi connectivity index (χ0n) is 17.6. The Balaban J connectivity index is 2.34. The molecule has 164 valence electrons. The van der Waals surface area contributed by atoms with Crippen LogP contribution in [0, 0.1) is 5.82 Å². The van der Waals surface area contributed by atoms with Crippen LogP contribution in [0.4, 0.5) is 19.7 Å². The van der Waals surface area contributed by atoms with E-state index in [1.165, 1.54) is 26.1 Å². The first-order chi connectivity index (χ1) is 13.8. The van der Waals surface area contributed by atoms with Crippen LogP contribution in [0.5, 0.6) is 0 Å². The van der Waals surface area contributed by atoms with Gasteiger partial charge in [-0.05, 0) is 57.7 Å². The highest BCUT2D eigenvalue weighted by atomic mass is 19.1. The quantitative estimate of drug-likeness (QED) is 0.640. The number of ether oxygens (including phenoxy) is 1. The average Bonchev–Trinajstić information content (AvgIpc) is 2.98. The van der Waals surface area contributed by atoms with Crippen molar-refractivity contribution in [1.29, 1.82) is 0 Å². The van der Waals surface area contributed by atoms with E-state index in [0.717, 1.165) is 0 Å². The molecule has 1 atom stereocenters. The maximum atomic E-state index is 14.9. The van der Waals surface area contributed by atoms with Crippen LogP contribution >= 0.6 is 0 Å². The molecular formula is C20H26FN3O6. The number of hydrogen-bond donors (Lipinski definition) is 3. The van der Waals surface area contributed by atoms with Crippen LogP contribution in [0.15, 0.2) is 12.1 Å². The smallest absolute Gasteiger partial charge is 0.414 e. The van der Waals surface area contributed by atoms with E-state index in [2.05, 4.69) is 10.6 Å². The van der Waals surface area contributed by atoms with E-state index < -0.39 is 47.4 Å². The highest BCUT2D eigenvalue weighted by molar-refractivity contribution is 6.01. The Kier molecular flexibility index (Phi) is 6.39. The Labute approximate surface area is 173 Å². The molecular weight excluding hydrogens is 397 g/mol. The molecule has 4 amide bonds. The number of fused-ring (bicyclic) bond motifs is 1. The lowest BCUT2D eigenvalue weighted by molar-refractivity contribution is -0.158. The molecule has 0 saturated heterocycles. The molecule has 1 aliphatic carbocycles. The lowest BCUT2D eigenvalue weighted by atomic mass is 9.82. The van der Waals surface area contributed by atoms with E-state index >= 15 is 0 Å². The van der Waals surface area contributed by atoms with E-state index in [-0.39, 0.29) is 24.1 Å². The number of urea groups is 1. The Morgan fingerprint density at radius 1 is 1.27 bits per heavy atom. The van der Waals surface area contributed by atoms with Gasteiger partial charge in [0.25, 0.3) is 0 Å². The van der Waals surface area contributed by atoms with E-state index in [1.54, 1.807) is 20.8 Å². The number of esters is 1. The number of nitrogens with one attached hydrogen (secondary N) is 2. The third-order valence-corrected chi connectivity index (χ3v) is 4.84. The zero-order chi connectivity index (χ0) is 22.9.